The number of nitrogens with zero attached hydrogens (tertiary/aromatic N) is 1. The fraction of sp³-hybridized carbons (Fsp3) is 0.500. The molecule has 1 aliphatic carbocycles. The number of rotatable bonds is 6. The maximum Gasteiger partial charge on any atom is 0.159 e. The van der Waals surface area contributed by atoms with Crippen molar-refractivity contribution in [2.75, 3.05) is 5.75 Å². The quantitative estimate of drug-likeness (QED) is 0.791. The van der Waals surface area contributed by atoms with Gasteiger partial charge in [-0.3, -0.25) is 0 Å². The van der Waals surface area contributed by atoms with E-state index in [0.717, 1.165) is 30.0 Å². The number of hydrogen-bond acceptors (Lipinski definition) is 5. The average Bonchev–Trinajstić information content (AvgIpc) is 3.05. The molecule has 1 N–H and O–H groups in total. The Bertz CT molecular complexity index is 861. The van der Waals surface area contributed by atoms with Gasteiger partial charge in [0.05, 0.1) is 28.3 Å². The van der Waals surface area contributed by atoms with Crippen LogP contribution in [0.1, 0.15) is 60.4 Å². The Morgan fingerprint density at radius 3 is 2.62 bits per heavy atom. The van der Waals surface area contributed by atoms with Crippen LogP contribution in [0.4, 0.5) is 8.78 Å². The molecular formula is C18H21F2NO3S2. The molecule has 1 aliphatic rings. The first kappa shape index (κ1) is 19.4. The maximum atomic E-state index is 13.3. The summed E-state index contributed by atoms with van der Waals surface area (Å²) >= 11 is 1.49. The molecule has 2 aromatic rings. The molecule has 142 valence electrons. The maximum absolute atomic E-state index is 13.3. The highest BCUT2D eigenvalue weighted by molar-refractivity contribution is 7.90. The molecule has 0 bridgehead atoms. The molecule has 1 aromatic heterocycles. The Hall–Kier alpha value is -1.38. The van der Waals surface area contributed by atoms with Gasteiger partial charge in [0.2, 0.25) is 0 Å². The number of halogens is 2. The van der Waals surface area contributed by atoms with Crippen LogP contribution in [-0.2, 0) is 15.6 Å². The van der Waals surface area contributed by atoms with Gasteiger partial charge in [0.1, 0.15) is 0 Å². The Morgan fingerprint density at radius 1 is 1.19 bits per heavy atom. The minimum atomic E-state index is -3.64. The van der Waals surface area contributed by atoms with Crippen molar-refractivity contribution in [2.45, 2.75) is 49.9 Å². The third-order valence-corrected chi connectivity index (χ3v) is 7.25. The summed E-state index contributed by atoms with van der Waals surface area (Å²) in [5.41, 5.74) is 0.515. The topological polar surface area (TPSA) is 67.3 Å². The molecule has 3 rings (SSSR count). The summed E-state index contributed by atoms with van der Waals surface area (Å²) in [7, 11) is -3.64. The summed E-state index contributed by atoms with van der Waals surface area (Å²) in [6, 6.07) is 2.87. The second-order valence-corrected chi connectivity index (χ2v) is 9.75. The van der Waals surface area contributed by atoms with Crippen molar-refractivity contribution in [3.63, 3.8) is 0 Å². The predicted molar refractivity (Wildman–Crippen MR) is 96.7 cm³/mol. The Labute approximate surface area is 155 Å². The van der Waals surface area contributed by atoms with Crippen LogP contribution in [0.2, 0.25) is 0 Å². The van der Waals surface area contributed by atoms with Crippen LogP contribution >= 0.6 is 11.3 Å². The Morgan fingerprint density at radius 2 is 1.92 bits per heavy atom. The first-order chi connectivity index (χ1) is 12.3. The Kier molecular flexibility index (Phi) is 6.04. The van der Waals surface area contributed by atoms with Gasteiger partial charge in [0.15, 0.2) is 21.5 Å². The van der Waals surface area contributed by atoms with Gasteiger partial charge in [-0.1, -0.05) is 25.3 Å². The van der Waals surface area contributed by atoms with Crippen molar-refractivity contribution in [1.29, 1.82) is 0 Å². The van der Waals surface area contributed by atoms with Crippen molar-refractivity contribution in [3.8, 4) is 0 Å². The lowest BCUT2D eigenvalue weighted by molar-refractivity contribution is 0.201. The van der Waals surface area contributed by atoms with Crippen LogP contribution in [0, 0.1) is 11.6 Å². The lowest BCUT2D eigenvalue weighted by Crippen LogP contribution is -2.17. The highest BCUT2D eigenvalue weighted by Gasteiger charge is 2.23. The summed E-state index contributed by atoms with van der Waals surface area (Å²) in [4.78, 5) is 4.47. The minimum Gasteiger partial charge on any atom is -0.387 e. The number of thiazole rings is 1. The van der Waals surface area contributed by atoms with E-state index >= 15 is 0 Å². The third kappa shape index (κ3) is 4.86. The van der Waals surface area contributed by atoms with Crippen LogP contribution in [0.15, 0.2) is 23.6 Å². The summed E-state index contributed by atoms with van der Waals surface area (Å²) in [5.74, 6) is -2.57. The van der Waals surface area contributed by atoms with Gasteiger partial charge in [-0.2, -0.15) is 0 Å². The van der Waals surface area contributed by atoms with Gasteiger partial charge in [0, 0.05) is 11.3 Å². The number of benzene rings is 1. The zero-order chi connectivity index (χ0) is 18.7. The highest BCUT2D eigenvalue weighted by Crippen LogP contribution is 2.34. The lowest BCUT2D eigenvalue weighted by atomic mass is 9.90. The summed E-state index contributed by atoms with van der Waals surface area (Å²) < 4.78 is 50.9. The van der Waals surface area contributed by atoms with Crippen molar-refractivity contribution in [1.82, 2.24) is 4.98 Å². The number of aliphatic hydroxyl groups is 1. The largest absolute Gasteiger partial charge is 0.387 e. The molecule has 1 fully saturated rings. The van der Waals surface area contributed by atoms with E-state index in [0.29, 0.717) is 11.6 Å². The van der Waals surface area contributed by atoms with Gasteiger partial charge >= 0.3 is 0 Å². The highest BCUT2D eigenvalue weighted by atomic mass is 32.2. The molecule has 1 heterocycles. The molecule has 1 atom stereocenters. The first-order valence-corrected chi connectivity index (χ1v) is 11.3. The molecule has 8 heteroatoms. The SMILES string of the molecule is O=S(=O)(Cc1csc(C2CCCCC2)n1)CC(O)c1ccc(F)c(F)c1. The average molecular weight is 402 g/mol. The van der Waals surface area contributed by atoms with E-state index in [1.807, 2.05) is 0 Å². The Balaban J connectivity index is 1.65. The van der Waals surface area contributed by atoms with Crippen LogP contribution in [0.3, 0.4) is 0 Å². The number of aromatic nitrogens is 1. The third-order valence-electron chi connectivity index (χ3n) is 4.63. The van der Waals surface area contributed by atoms with Gasteiger partial charge in [-0.25, -0.2) is 22.2 Å². The van der Waals surface area contributed by atoms with Crippen LogP contribution in [0.25, 0.3) is 0 Å². The molecule has 0 radical (unpaired) electrons. The molecule has 1 aromatic carbocycles. The molecular weight excluding hydrogens is 380 g/mol. The second-order valence-electron chi connectivity index (χ2n) is 6.76. The lowest BCUT2D eigenvalue weighted by Gasteiger charge is -2.18. The fourth-order valence-electron chi connectivity index (χ4n) is 3.27. The molecule has 1 saturated carbocycles. The van der Waals surface area contributed by atoms with Gasteiger partial charge < -0.3 is 5.11 Å². The first-order valence-electron chi connectivity index (χ1n) is 8.62. The van der Waals surface area contributed by atoms with Crippen molar-refractivity contribution >= 4 is 21.2 Å². The second kappa shape index (κ2) is 8.10. The summed E-state index contributed by atoms with van der Waals surface area (Å²) in [6.07, 6.45) is 4.37. The number of sulfone groups is 1. The standard InChI is InChI=1S/C18H21F2NO3S2/c19-15-7-6-13(8-16(15)20)17(22)11-26(23,24)10-14-9-25-18(21-14)12-4-2-1-3-5-12/h6-9,12,17,22H,1-5,10-11H2. The smallest absolute Gasteiger partial charge is 0.159 e. The molecule has 0 spiro atoms. The zero-order valence-corrected chi connectivity index (χ0v) is 15.8. The molecule has 1 unspecified atom stereocenters. The molecule has 0 amide bonds. The number of hydrogen-bond donors (Lipinski definition) is 1. The minimum absolute atomic E-state index is 0.0358. The van der Waals surface area contributed by atoms with E-state index in [9.17, 15) is 22.3 Å². The van der Waals surface area contributed by atoms with Crippen LogP contribution in [0.5, 0.6) is 0 Å². The van der Waals surface area contributed by atoms with E-state index in [1.165, 1.54) is 36.7 Å². The predicted octanol–water partition coefficient (Wildman–Crippen LogP) is 4.12. The summed E-state index contributed by atoms with van der Waals surface area (Å²) in [6.45, 7) is 0. The van der Waals surface area contributed by atoms with E-state index in [4.69, 9.17) is 0 Å². The summed E-state index contributed by atoms with van der Waals surface area (Å²) in [5, 5.41) is 12.8. The molecule has 0 aliphatic heterocycles. The number of aliphatic hydroxyl groups excluding tert-OH is 1. The molecule has 0 saturated heterocycles. The van der Waals surface area contributed by atoms with E-state index in [-0.39, 0.29) is 11.3 Å². The van der Waals surface area contributed by atoms with Crippen molar-refractivity contribution in [2.24, 2.45) is 0 Å². The molecule has 26 heavy (non-hydrogen) atoms. The van der Waals surface area contributed by atoms with E-state index < -0.39 is 33.3 Å². The fourth-order valence-corrected chi connectivity index (χ4v) is 5.75. The van der Waals surface area contributed by atoms with Gasteiger partial charge in [-0.15, -0.1) is 11.3 Å². The normalized spacial score (nSPS) is 17.3. The monoisotopic (exact) mass is 401 g/mol. The van der Waals surface area contributed by atoms with Crippen LogP contribution in [-0.4, -0.2) is 24.3 Å². The van der Waals surface area contributed by atoms with Gasteiger partial charge in [-0.05, 0) is 30.5 Å². The van der Waals surface area contributed by atoms with Crippen LogP contribution < -0.4 is 0 Å². The van der Waals surface area contributed by atoms with Crippen molar-refractivity contribution < 1.29 is 22.3 Å². The van der Waals surface area contributed by atoms with Gasteiger partial charge in [0.25, 0.3) is 0 Å². The van der Waals surface area contributed by atoms with E-state index in [2.05, 4.69) is 4.98 Å². The van der Waals surface area contributed by atoms with E-state index in [1.54, 1.807) is 5.38 Å². The molecule has 4 nitrogen and oxygen atoms in total. The van der Waals surface area contributed by atoms with Crippen molar-refractivity contribution in [3.05, 3.63) is 51.5 Å². The zero-order valence-electron chi connectivity index (χ0n) is 14.2.